The third-order valence-electron chi connectivity index (χ3n) is 5.46. The van der Waals surface area contributed by atoms with Crippen LogP contribution in [0, 0.1) is 5.92 Å². The van der Waals surface area contributed by atoms with E-state index in [0.29, 0.717) is 30.2 Å². The molecule has 1 saturated heterocycles. The van der Waals surface area contributed by atoms with E-state index >= 15 is 0 Å². The average Bonchev–Trinajstić information content (AvgIpc) is 3.42. The molecule has 3 heterocycles. The van der Waals surface area contributed by atoms with Crippen LogP contribution in [0.3, 0.4) is 0 Å². The van der Waals surface area contributed by atoms with Crippen LogP contribution < -0.4 is 10.2 Å². The van der Waals surface area contributed by atoms with Crippen LogP contribution in [0.15, 0.2) is 16.8 Å². The first-order chi connectivity index (χ1) is 13.5. The van der Waals surface area contributed by atoms with Crippen LogP contribution in [-0.4, -0.2) is 38.9 Å². The molecule has 28 heavy (non-hydrogen) atoms. The van der Waals surface area contributed by atoms with Crippen molar-refractivity contribution in [2.24, 2.45) is 5.92 Å². The number of amides is 1. The standard InChI is InChI=1S/C19H26N6O3/c1-11(2)14-10-27-19(26)25(14)15-8-9-20-18(22-15)21-12(3)17-23-16(24-28-17)13-6-4-5-7-13/h8-9,11-14H,4-7,10H2,1-3H3,(H,20,21,22). The maximum atomic E-state index is 12.2. The monoisotopic (exact) mass is 386 g/mol. The Kier molecular flexibility index (Phi) is 5.15. The molecule has 2 atom stereocenters. The lowest BCUT2D eigenvalue weighted by Crippen LogP contribution is -2.37. The zero-order valence-corrected chi connectivity index (χ0v) is 16.5. The highest BCUT2D eigenvalue weighted by Gasteiger charge is 2.37. The number of nitrogens with one attached hydrogen (secondary N) is 1. The predicted molar refractivity (Wildman–Crippen MR) is 102 cm³/mol. The van der Waals surface area contributed by atoms with Crippen LogP contribution >= 0.6 is 0 Å². The molecular weight excluding hydrogens is 360 g/mol. The Morgan fingerprint density at radius 3 is 2.75 bits per heavy atom. The molecule has 1 aliphatic carbocycles. The van der Waals surface area contributed by atoms with Gasteiger partial charge in [-0.2, -0.15) is 9.97 Å². The zero-order valence-electron chi connectivity index (χ0n) is 16.5. The molecule has 1 aliphatic heterocycles. The Hall–Kier alpha value is -2.71. The number of nitrogens with zero attached hydrogens (tertiary/aromatic N) is 5. The van der Waals surface area contributed by atoms with Crippen LogP contribution in [-0.2, 0) is 4.74 Å². The van der Waals surface area contributed by atoms with Crippen LogP contribution in [0.25, 0.3) is 0 Å². The molecule has 2 aromatic rings. The highest BCUT2D eigenvalue weighted by atomic mass is 16.6. The van der Waals surface area contributed by atoms with E-state index in [1.54, 1.807) is 17.2 Å². The third-order valence-corrected chi connectivity index (χ3v) is 5.46. The molecule has 0 aromatic carbocycles. The van der Waals surface area contributed by atoms with Crippen LogP contribution in [0.5, 0.6) is 0 Å². The lowest BCUT2D eigenvalue weighted by atomic mass is 10.0. The summed E-state index contributed by atoms with van der Waals surface area (Å²) in [6.07, 6.45) is 5.93. The van der Waals surface area contributed by atoms with Crippen LogP contribution in [0.2, 0.25) is 0 Å². The largest absolute Gasteiger partial charge is 0.447 e. The van der Waals surface area contributed by atoms with E-state index in [1.807, 2.05) is 6.92 Å². The first-order valence-electron chi connectivity index (χ1n) is 9.92. The maximum Gasteiger partial charge on any atom is 0.415 e. The average molecular weight is 386 g/mol. The Balaban J connectivity index is 1.48. The van der Waals surface area contributed by atoms with Gasteiger partial charge in [-0.25, -0.2) is 9.78 Å². The smallest absolute Gasteiger partial charge is 0.415 e. The molecule has 9 nitrogen and oxygen atoms in total. The Morgan fingerprint density at radius 1 is 1.21 bits per heavy atom. The van der Waals surface area contributed by atoms with Gasteiger partial charge >= 0.3 is 6.09 Å². The minimum absolute atomic E-state index is 0.0439. The second-order valence-corrected chi connectivity index (χ2v) is 7.83. The van der Waals surface area contributed by atoms with Gasteiger partial charge in [0.25, 0.3) is 0 Å². The van der Waals surface area contributed by atoms with E-state index in [9.17, 15) is 4.79 Å². The van der Waals surface area contributed by atoms with E-state index < -0.39 is 0 Å². The van der Waals surface area contributed by atoms with E-state index in [2.05, 4.69) is 39.3 Å². The number of anilines is 2. The van der Waals surface area contributed by atoms with Gasteiger partial charge < -0.3 is 14.6 Å². The molecule has 0 spiro atoms. The Labute approximate surface area is 163 Å². The van der Waals surface area contributed by atoms with E-state index in [0.717, 1.165) is 18.7 Å². The minimum atomic E-state index is -0.380. The number of rotatable bonds is 6. The van der Waals surface area contributed by atoms with Crippen molar-refractivity contribution < 1.29 is 14.1 Å². The number of hydrogen-bond donors (Lipinski definition) is 1. The van der Waals surface area contributed by atoms with E-state index in [-0.39, 0.29) is 24.1 Å². The maximum absolute atomic E-state index is 12.2. The first kappa shape index (κ1) is 18.6. The Bertz CT molecular complexity index is 833. The highest BCUT2D eigenvalue weighted by Crippen LogP contribution is 2.33. The van der Waals surface area contributed by atoms with Gasteiger partial charge in [0.05, 0.1) is 6.04 Å². The van der Waals surface area contributed by atoms with Crippen LogP contribution in [0.1, 0.15) is 70.1 Å². The van der Waals surface area contributed by atoms with E-state index in [1.165, 1.54) is 12.8 Å². The van der Waals surface area contributed by atoms with Gasteiger partial charge in [-0.3, -0.25) is 4.90 Å². The summed E-state index contributed by atoms with van der Waals surface area (Å²) in [6.45, 7) is 6.40. The van der Waals surface area contributed by atoms with Gasteiger partial charge in [0.15, 0.2) is 5.82 Å². The summed E-state index contributed by atoms with van der Waals surface area (Å²) in [6, 6.07) is 1.42. The quantitative estimate of drug-likeness (QED) is 0.801. The van der Waals surface area contributed by atoms with Crippen molar-refractivity contribution >= 4 is 17.9 Å². The molecule has 2 unspecified atom stereocenters. The third kappa shape index (κ3) is 3.65. The molecule has 9 heteroatoms. The second-order valence-electron chi connectivity index (χ2n) is 7.83. The van der Waals surface area contributed by atoms with Crippen molar-refractivity contribution in [3.8, 4) is 0 Å². The fourth-order valence-corrected chi connectivity index (χ4v) is 3.77. The second kappa shape index (κ2) is 7.73. The minimum Gasteiger partial charge on any atom is -0.447 e. The molecule has 2 aliphatic rings. The molecular formula is C19H26N6O3. The summed E-state index contributed by atoms with van der Waals surface area (Å²) >= 11 is 0. The summed E-state index contributed by atoms with van der Waals surface area (Å²) in [4.78, 5) is 27.1. The first-order valence-corrected chi connectivity index (χ1v) is 9.92. The molecule has 0 bridgehead atoms. The number of hydrogen-bond acceptors (Lipinski definition) is 8. The van der Waals surface area contributed by atoms with Gasteiger partial charge in [-0.05, 0) is 31.7 Å². The summed E-state index contributed by atoms with van der Waals surface area (Å²) in [5.41, 5.74) is 0. The SMILES string of the molecule is CC(Nc1nccc(N2C(=O)OCC2C(C)C)n1)c1nc(C2CCCC2)no1. The molecule has 0 radical (unpaired) electrons. The fourth-order valence-electron chi connectivity index (χ4n) is 3.77. The highest BCUT2D eigenvalue weighted by molar-refractivity contribution is 5.89. The van der Waals surface area contributed by atoms with Crippen molar-refractivity contribution in [3.63, 3.8) is 0 Å². The lowest BCUT2D eigenvalue weighted by Gasteiger charge is -2.23. The van der Waals surface area contributed by atoms with Gasteiger partial charge in [0, 0.05) is 12.1 Å². The molecule has 1 N–H and O–H groups in total. The van der Waals surface area contributed by atoms with Gasteiger partial charge in [0.1, 0.15) is 18.5 Å². The molecule has 4 rings (SSSR count). The zero-order chi connectivity index (χ0) is 19.7. The fraction of sp³-hybridized carbons (Fsp3) is 0.632. The summed E-state index contributed by atoms with van der Waals surface area (Å²) in [5, 5.41) is 7.33. The summed E-state index contributed by atoms with van der Waals surface area (Å²) < 4.78 is 10.7. The van der Waals surface area contributed by atoms with Crippen molar-refractivity contribution in [2.75, 3.05) is 16.8 Å². The van der Waals surface area contributed by atoms with Gasteiger partial charge in [-0.15, -0.1) is 0 Å². The predicted octanol–water partition coefficient (Wildman–Crippen LogP) is 3.67. The van der Waals surface area contributed by atoms with Gasteiger partial charge in [-0.1, -0.05) is 31.8 Å². The molecule has 150 valence electrons. The van der Waals surface area contributed by atoms with Crippen molar-refractivity contribution in [3.05, 3.63) is 24.0 Å². The lowest BCUT2D eigenvalue weighted by molar-refractivity contribution is 0.177. The number of aromatic nitrogens is 4. The topological polar surface area (TPSA) is 106 Å². The molecule has 1 saturated carbocycles. The number of ether oxygens (including phenoxy) is 1. The van der Waals surface area contributed by atoms with Crippen molar-refractivity contribution in [1.82, 2.24) is 20.1 Å². The van der Waals surface area contributed by atoms with Crippen LogP contribution in [0.4, 0.5) is 16.6 Å². The number of carbonyl (C=O) groups is 1. The molecule has 2 fully saturated rings. The number of carbonyl (C=O) groups excluding carboxylic acids is 1. The van der Waals surface area contributed by atoms with Crippen molar-refractivity contribution in [2.45, 2.75) is 64.5 Å². The normalized spacial score (nSPS) is 21.4. The van der Waals surface area contributed by atoms with E-state index in [4.69, 9.17) is 9.26 Å². The number of cyclic esters (lactones) is 1. The molecule has 2 aromatic heterocycles. The summed E-state index contributed by atoms with van der Waals surface area (Å²) in [5.74, 6) is 2.87. The van der Waals surface area contributed by atoms with Crippen molar-refractivity contribution in [1.29, 1.82) is 0 Å². The van der Waals surface area contributed by atoms with Gasteiger partial charge in [0.2, 0.25) is 11.8 Å². The Morgan fingerprint density at radius 2 is 2.00 bits per heavy atom. The molecule has 1 amide bonds. The summed E-state index contributed by atoms with van der Waals surface area (Å²) in [7, 11) is 0.